The average Bonchev–Trinajstić information content (AvgIpc) is 2.98. The van der Waals surface area contributed by atoms with Gasteiger partial charge in [-0.3, -0.25) is 4.57 Å². The Morgan fingerprint density at radius 3 is 2.48 bits per heavy atom. The van der Waals surface area contributed by atoms with Crippen LogP contribution in [0.15, 0.2) is 59.9 Å². The molecule has 0 aliphatic rings. The van der Waals surface area contributed by atoms with Gasteiger partial charge in [-0.15, -0.1) is 0 Å². The third-order valence-corrected chi connectivity index (χ3v) is 3.18. The molecule has 0 aliphatic heterocycles. The second-order valence-electron chi connectivity index (χ2n) is 4.72. The standard InChI is InChI=1S/C17H11FN4O/c18-13-3-5-14(6-4-13)22-11-21-16(9-19)17(22)20-10-12-1-7-15(23)8-2-12/h1-8,10-11,23H. The zero-order valence-electron chi connectivity index (χ0n) is 11.9. The minimum Gasteiger partial charge on any atom is -0.508 e. The highest BCUT2D eigenvalue weighted by Crippen LogP contribution is 2.23. The van der Waals surface area contributed by atoms with Crippen LogP contribution in [0.3, 0.4) is 0 Å². The number of benzene rings is 2. The second kappa shape index (κ2) is 6.12. The molecule has 1 heterocycles. The summed E-state index contributed by atoms with van der Waals surface area (Å²) in [5.74, 6) is 0.173. The molecule has 1 N–H and O–H groups in total. The van der Waals surface area contributed by atoms with E-state index in [0.717, 1.165) is 5.56 Å². The first kappa shape index (κ1) is 14.5. The number of aromatic hydroxyl groups is 1. The van der Waals surface area contributed by atoms with E-state index in [0.29, 0.717) is 11.5 Å². The van der Waals surface area contributed by atoms with E-state index in [1.807, 2.05) is 6.07 Å². The molecule has 5 nitrogen and oxygen atoms in total. The van der Waals surface area contributed by atoms with Crippen molar-refractivity contribution in [2.75, 3.05) is 0 Å². The number of rotatable bonds is 3. The Morgan fingerprint density at radius 1 is 1.13 bits per heavy atom. The number of aromatic nitrogens is 2. The first-order valence-electron chi connectivity index (χ1n) is 6.74. The van der Waals surface area contributed by atoms with Gasteiger partial charge >= 0.3 is 0 Å². The van der Waals surface area contributed by atoms with E-state index in [9.17, 15) is 9.50 Å². The minimum atomic E-state index is -0.344. The number of phenolic OH excluding ortho intramolecular Hbond substituents is 1. The van der Waals surface area contributed by atoms with Gasteiger partial charge in [0.25, 0.3) is 0 Å². The van der Waals surface area contributed by atoms with E-state index in [4.69, 9.17) is 5.26 Å². The number of imidazole rings is 1. The maximum Gasteiger partial charge on any atom is 0.185 e. The second-order valence-corrected chi connectivity index (χ2v) is 4.72. The quantitative estimate of drug-likeness (QED) is 0.754. The fourth-order valence-electron chi connectivity index (χ4n) is 2.03. The summed E-state index contributed by atoms with van der Waals surface area (Å²) in [5, 5.41) is 18.4. The maximum absolute atomic E-state index is 13.0. The lowest BCUT2D eigenvalue weighted by Crippen LogP contribution is -1.92. The average molecular weight is 306 g/mol. The lowest BCUT2D eigenvalue weighted by Gasteiger charge is -2.04. The molecule has 1 aromatic heterocycles. The van der Waals surface area contributed by atoms with Gasteiger partial charge in [-0.05, 0) is 54.1 Å². The van der Waals surface area contributed by atoms with Crippen LogP contribution in [0.1, 0.15) is 11.3 Å². The summed E-state index contributed by atoms with van der Waals surface area (Å²) in [5.41, 5.74) is 1.58. The van der Waals surface area contributed by atoms with Gasteiger partial charge in [0.2, 0.25) is 0 Å². The molecule has 0 aliphatic carbocycles. The lowest BCUT2D eigenvalue weighted by atomic mass is 10.2. The zero-order valence-corrected chi connectivity index (χ0v) is 11.9. The van der Waals surface area contributed by atoms with Gasteiger partial charge in [-0.1, -0.05) is 0 Å². The van der Waals surface area contributed by atoms with Crippen molar-refractivity contribution in [1.82, 2.24) is 9.55 Å². The molecule has 0 bridgehead atoms. The maximum atomic E-state index is 13.0. The minimum absolute atomic E-state index is 0.163. The molecule has 0 spiro atoms. The Morgan fingerprint density at radius 2 is 1.83 bits per heavy atom. The molecular weight excluding hydrogens is 295 g/mol. The van der Waals surface area contributed by atoms with Gasteiger partial charge in [0, 0.05) is 11.9 Å². The van der Waals surface area contributed by atoms with Gasteiger partial charge in [0.1, 0.15) is 24.0 Å². The Kier molecular flexibility index (Phi) is 3.85. The molecule has 2 aromatic carbocycles. The topological polar surface area (TPSA) is 74.2 Å². The van der Waals surface area contributed by atoms with E-state index in [2.05, 4.69) is 9.98 Å². The molecule has 0 saturated carbocycles. The molecule has 0 fully saturated rings. The molecule has 0 atom stereocenters. The van der Waals surface area contributed by atoms with Crippen LogP contribution in [0, 0.1) is 17.1 Å². The van der Waals surface area contributed by atoms with E-state index in [-0.39, 0.29) is 17.3 Å². The summed E-state index contributed by atoms with van der Waals surface area (Å²) in [6.07, 6.45) is 3.03. The van der Waals surface area contributed by atoms with Gasteiger partial charge in [0.05, 0.1) is 0 Å². The molecule has 6 heteroatoms. The highest BCUT2D eigenvalue weighted by atomic mass is 19.1. The molecular formula is C17H11FN4O. The van der Waals surface area contributed by atoms with Crippen molar-refractivity contribution >= 4 is 12.0 Å². The number of hydrogen-bond acceptors (Lipinski definition) is 4. The van der Waals surface area contributed by atoms with Gasteiger partial charge in [0.15, 0.2) is 11.5 Å². The van der Waals surface area contributed by atoms with E-state index in [1.54, 1.807) is 47.2 Å². The summed E-state index contributed by atoms with van der Waals surface area (Å²) in [4.78, 5) is 8.33. The number of nitrogens with zero attached hydrogens (tertiary/aromatic N) is 4. The molecule has 3 rings (SSSR count). The first-order chi connectivity index (χ1) is 11.2. The van der Waals surface area contributed by atoms with Crippen LogP contribution in [0.25, 0.3) is 5.69 Å². The van der Waals surface area contributed by atoms with Crippen molar-refractivity contribution in [2.45, 2.75) is 0 Å². The number of aliphatic imine (C=N–C) groups is 1. The third kappa shape index (κ3) is 3.09. The smallest absolute Gasteiger partial charge is 0.185 e. The highest BCUT2D eigenvalue weighted by Gasteiger charge is 2.11. The predicted octanol–water partition coefficient (Wildman–Crippen LogP) is 3.34. The lowest BCUT2D eigenvalue weighted by molar-refractivity contribution is 0.475. The van der Waals surface area contributed by atoms with E-state index >= 15 is 0 Å². The van der Waals surface area contributed by atoms with Crippen molar-refractivity contribution < 1.29 is 9.50 Å². The van der Waals surface area contributed by atoms with Crippen molar-refractivity contribution in [3.63, 3.8) is 0 Å². The summed E-state index contributed by atoms with van der Waals surface area (Å²) >= 11 is 0. The van der Waals surface area contributed by atoms with Gasteiger partial charge in [-0.25, -0.2) is 14.4 Å². The predicted molar refractivity (Wildman–Crippen MR) is 83.6 cm³/mol. The van der Waals surface area contributed by atoms with Crippen LogP contribution >= 0.6 is 0 Å². The Balaban J connectivity index is 2.01. The number of halogens is 1. The zero-order chi connectivity index (χ0) is 16.2. The highest BCUT2D eigenvalue weighted by molar-refractivity contribution is 5.82. The molecule has 0 saturated heterocycles. The van der Waals surface area contributed by atoms with E-state index in [1.165, 1.54) is 18.5 Å². The number of hydrogen-bond donors (Lipinski definition) is 1. The summed E-state index contributed by atoms with van der Waals surface area (Å²) in [6.45, 7) is 0. The van der Waals surface area contributed by atoms with Crippen LogP contribution < -0.4 is 0 Å². The molecule has 0 radical (unpaired) electrons. The third-order valence-electron chi connectivity index (χ3n) is 3.18. The van der Waals surface area contributed by atoms with Crippen molar-refractivity contribution in [3.8, 4) is 17.5 Å². The normalized spacial score (nSPS) is 10.8. The van der Waals surface area contributed by atoms with Crippen LogP contribution in [0.2, 0.25) is 0 Å². The fourth-order valence-corrected chi connectivity index (χ4v) is 2.03. The molecule has 112 valence electrons. The monoisotopic (exact) mass is 306 g/mol. The summed E-state index contributed by atoms with van der Waals surface area (Å²) in [6, 6.07) is 14.3. The fraction of sp³-hybridized carbons (Fsp3) is 0. The van der Waals surface area contributed by atoms with Crippen LogP contribution in [0.5, 0.6) is 5.75 Å². The van der Waals surface area contributed by atoms with Crippen molar-refractivity contribution in [2.24, 2.45) is 4.99 Å². The molecule has 0 unspecified atom stereocenters. The first-order valence-corrected chi connectivity index (χ1v) is 6.74. The number of phenols is 1. The van der Waals surface area contributed by atoms with Gasteiger partial charge < -0.3 is 5.11 Å². The van der Waals surface area contributed by atoms with Gasteiger partial charge in [-0.2, -0.15) is 5.26 Å². The number of nitriles is 1. The van der Waals surface area contributed by atoms with Crippen molar-refractivity contribution in [3.05, 3.63) is 71.9 Å². The van der Waals surface area contributed by atoms with Crippen molar-refractivity contribution in [1.29, 1.82) is 5.26 Å². The molecule has 3 aromatic rings. The van der Waals surface area contributed by atoms with Crippen LogP contribution in [0.4, 0.5) is 10.2 Å². The largest absolute Gasteiger partial charge is 0.508 e. The molecule has 23 heavy (non-hydrogen) atoms. The van der Waals surface area contributed by atoms with Crippen LogP contribution in [-0.4, -0.2) is 20.9 Å². The summed E-state index contributed by atoms with van der Waals surface area (Å²) < 4.78 is 14.7. The van der Waals surface area contributed by atoms with Crippen LogP contribution in [-0.2, 0) is 0 Å². The Labute approximate surface area is 131 Å². The van der Waals surface area contributed by atoms with E-state index < -0.39 is 0 Å². The SMILES string of the molecule is N#Cc1ncn(-c2ccc(F)cc2)c1N=Cc1ccc(O)cc1. The Bertz CT molecular complexity index is 890. The Hall–Kier alpha value is -3.46. The molecule has 0 amide bonds. The summed E-state index contributed by atoms with van der Waals surface area (Å²) in [7, 11) is 0.